The number of halogens is 2. The van der Waals surface area contributed by atoms with Crippen molar-refractivity contribution in [2.24, 2.45) is 0 Å². The Hall–Kier alpha value is -2.71. The second kappa shape index (κ2) is 7.96. The summed E-state index contributed by atoms with van der Waals surface area (Å²) in [5.41, 5.74) is 0.722. The van der Waals surface area contributed by atoms with Gasteiger partial charge in [0.1, 0.15) is 15.4 Å². The summed E-state index contributed by atoms with van der Waals surface area (Å²) < 4.78 is 14.9. The lowest BCUT2D eigenvalue weighted by molar-refractivity contribution is -0.382. The Bertz CT molecular complexity index is 1110. The third kappa shape index (κ3) is 3.77. The van der Waals surface area contributed by atoms with Crippen molar-refractivity contribution in [3.05, 3.63) is 62.2 Å². The van der Waals surface area contributed by atoms with Gasteiger partial charge >= 0.3 is 0 Å². The molecule has 0 atom stereocenters. The van der Waals surface area contributed by atoms with Crippen LogP contribution in [-0.4, -0.2) is 23.9 Å². The van der Waals surface area contributed by atoms with Gasteiger partial charge in [-0.2, -0.15) is 0 Å². The average molecular weight is 434 g/mol. The molecule has 1 saturated heterocycles. The molecule has 0 saturated carbocycles. The van der Waals surface area contributed by atoms with E-state index in [9.17, 15) is 19.3 Å². The first-order valence-corrected chi connectivity index (χ1v) is 10.4. The van der Waals surface area contributed by atoms with Gasteiger partial charge in [0.05, 0.1) is 15.6 Å². The predicted octanol–water partition coefficient (Wildman–Crippen LogP) is 5.84. The molecule has 29 heavy (non-hydrogen) atoms. The van der Waals surface area contributed by atoms with Gasteiger partial charge in [-0.25, -0.2) is 4.39 Å². The van der Waals surface area contributed by atoms with E-state index in [0.29, 0.717) is 21.5 Å². The molecule has 150 valence electrons. The number of hydrogen-bond donors (Lipinski definition) is 1. The normalized spacial score (nSPS) is 14.2. The minimum Gasteiger partial charge on any atom is -0.369 e. The van der Waals surface area contributed by atoms with E-state index >= 15 is 0 Å². The van der Waals surface area contributed by atoms with Gasteiger partial charge < -0.3 is 10.2 Å². The number of nitro groups is 1. The van der Waals surface area contributed by atoms with Gasteiger partial charge in [0.25, 0.3) is 11.6 Å². The van der Waals surface area contributed by atoms with Crippen LogP contribution in [0.1, 0.15) is 28.9 Å². The van der Waals surface area contributed by atoms with Crippen LogP contribution in [0.25, 0.3) is 10.1 Å². The minimum atomic E-state index is -0.532. The summed E-state index contributed by atoms with van der Waals surface area (Å²) in [6, 6.07) is 9.11. The van der Waals surface area contributed by atoms with Crippen molar-refractivity contribution in [2.75, 3.05) is 23.3 Å². The molecule has 1 fully saturated rings. The van der Waals surface area contributed by atoms with Gasteiger partial charge in [0.2, 0.25) is 0 Å². The van der Waals surface area contributed by atoms with Crippen LogP contribution in [0.15, 0.2) is 36.4 Å². The molecule has 1 aliphatic rings. The molecule has 0 spiro atoms. The van der Waals surface area contributed by atoms with E-state index in [4.69, 9.17) is 11.6 Å². The molecule has 0 bridgehead atoms. The largest absolute Gasteiger partial charge is 0.369 e. The first-order chi connectivity index (χ1) is 14.0. The summed E-state index contributed by atoms with van der Waals surface area (Å²) in [5, 5.41) is 14.5. The van der Waals surface area contributed by atoms with E-state index in [1.54, 1.807) is 18.2 Å². The number of piperidine rings is 1. The summed E-state index contributed by atoms with van der Waals surface area (Å²) >= 11 is 7.25. The van der Waals surface area contributed by atoms with E-state index in [1.807, 2.05) is 4.90 Å². The molecular weight excluding hydrogens is 417 g/mol. The Balaban J connectivity index is 1.59. The van der Waals surface area contributed by atoms with E-state index in [2.05, 4.69) is 5.32 Å². The summed E-state index contributed by atoms with van der Waals surface area (Å²) in [6.07, 6.45) is 3.23. The molecule has 2 heterocycles. The molecule has 6 nitrogen and oxygen atoms in total. The Labute approximate surface area is 175 Å². The highest BCUT2D eigenvalue weighted by atomic mass is 35.5. The predicted molar refractivity (Wildman–Crippen MR) is 114 cm³/mol. The first kappa shape index (κ1) is 19.6. The monoisotopic (exact) mass is 433 g/mol. The Morgan fingerprint density at radius 3 is 2.66 bits per heavy atom. The van der Waals surface area contributed by atoms with Crippen molar-refractivity contribution in [1.82, 2.24) is 0 Å². The van der Waals surface area contributed by atoms with Gasteiger partial charge in [-0.1, -0.05) is 23.7 Å². The first-order valence-electron chi connectivity index (χ1n) is 9.17. The SMILES string of the molecule is O=C(Nc1ccc(N2CCCCC2)c(F)c1)c1sc2c([N+](=O)[O-])cccc2c1Cl. The van der Waals surface area contributed by atoms with Crippen LogP contribution < -0.4 is 10.2 Å². The van der Waals surface area contributed by atoms with Crippen molar-refractivity contribution in [3.63, 3.8) is 0 Å². The molecular formula is C20H17ClFN3O3S. The number of nitrogens with zero attached hydrogens (tertiary/aromatic N) is 2. The number of anilines is 2. The molecule has 9 heteroatoms. The quantitative estimate of drug-likeness (QED) is 0.414. The molecule has 2 aromatic carbocycles. The van der Waals surface area contributed by atoms with Gasteiger partial charge in [-0.3, -0.25) is 14.9 Å². The van der Waals surface area contributed by atoms with Crippen LogP contribution >= 0.6 is 22.9 Å². The Kier molecular flexibility index (Phi) is 5.38. The van der Waals surface area contributed by atoms with E-state index in [-0.39, 0.29) is 15.6 Å². The molecule has 0 radical (unpaired) electrons. The van der Waals surface area contributed by atoms with Crippen molar-refractivity contribution < 1.29 is 14.1 Å². The maximum absolute atomic E-state index is 14.6. The number of amides is 1. The lowest BCUT2D eigenvalue weighted by Gasteiger charge is -2.29. The second-order valence-electron chi connectivity index (χ2n) is 6.82. The molecule has 1 aliphatic heterocycles. The number of nitrogens with one attached hydrogen (secondary N) is 1. The summed E-state index contributed by atoms with van der Waals surface area (Å²) in [7, 11) is 0. The highest BCUT2D eigenvalue weighted by Crippen LogP contribution is 2.40. The number of carbonyl (C=O) groups is 1. The standard InChI is InChI=1S/C20H17ClFN3O3S/c21-17-13-5-4-6-16(25(27)28)18(13)29-19(17)20(26)23-12-7-8-15(14(22)11-12)24-9-2-1-3-10-24/h4-8,11H,1-3,9-10H2,(H,23,26). The summed E-state index contributed by atoms with van der Waals surface area (Å²) in [6.45, 7) is 1.64. The number of fused-ring (bicyclic) bond motifs is 1. The fraction of sp³-hybridized carbons (Fsp3) is 0.250. The molecule has 1 aromatic heterocycles. The van der Waals surface area contributed by atoms with Gasteiger partial charge in [0.15, 0.2) is 0 Å². The second-order valence-corrected chi connectivity index (χ2v) is 8.22. The van der Waals surface area contributed by atoms with Crippen molar-refractivity contribution in [3.8, 4) is 0 Å². The van der Waals surface area contributed by atoms with Crippen LogP contribution in [0.3, 0.4) is 0 Å². The zero-order chi connectivity index (χ0) is 20.5. The number of hydrogen-bond acceptors (Lipinski definition) is 5. The van der Waals surface area contributed by atoms with E-state index < -0.39 is 16.6 Å². The minimum absolute atomic E-state index is 0.106. The number of carbonyl (C=O) groups excluding carboxylic acids is 1. The lowest BCUT2D eigenvalue weighted by Crippen LogP contribution is -2.30. The van der Waals surface area contributed by atoms with Crippen LogP contribution in [-0.2, 0) is 0 Å². The molecule has 4 rings (SSSR count). The van der Waals surface area contributed by atoms with Gasteiger partial charge in [-0.15, -0.1) is 11.3 Å². The van der Waals surface area contributed by atoms with Crippen LogP contribution in [0.4, 0.5) is 21.5 Å². The highest BCUT2D eigenvalue weighted by Gasteiger charge is 2.23. The smallest absolute Gasteiger partial charge is 0.287 e. The van der Waals surface area contributed by atoms with E-state index in [1.165, 1.54) is 18.2 Å². The molecule has 0 unspecified atom stereocenters. The van der Waals surface area contributed by atoms with Crippen LogP contribution in [0, 0.1) is 15.9 Å². The molecule has 1 N–H and O–H groups in total. The third-order valence-electron chi connectivity index (χ3n) is 4.94. The fourth-order valence-electron chi connectivity index (χ4n) is 3.53. The fourth-order valence-corrected chi connectivity index (χ4v) is 5.02. The Morgan fingerprint density at radius 1 is 1.21 bits per heavy atom. The van der Waals surface area contributed by atoms with Crippen LogP contribution in [0.5, 0.6) is 0 Å². The highest BCUT2D eigenvalue weighted by molar-refractivity contribution is 7.22. The van der Waals surface area contributed by atoms with Gasteiger partial charge in [0, 0.05) is 30.2 Å². The maximum Gasteiger partial charge on any atom is 0.287 e. The summed E-state index contributed by atoms with van der Waals surface area (Å²) in [5.74, 6) is -0.932. The van der Waals surface area contributed by atoms with Crippen molar-refractivity contribution in [2.45, 2.75) is 19.3 Å². The molecule has 1 amide bonds. The number of thiophene rings is 1. The number of benzene rings is 2. The zero-order valence-corrected chi connectivity index (χ0v) is 16.9. The number of nitro benzene ring substituents is 1. The Morgan fingerprint density at radius 2 is 1.97 bits per heavy atom. The van der Waals surface area contributed by atoms with Crippen LogP contribution in [0.2, 0.25) is 5.02 Å². The van der Waals surface area contributed by atoms with Gasteiger partial charge in [-0.05, 0) is 37.5 Å². The topological polar surface area (TPSA) is 75.5 Å². The number of rotatable bonds is 4. The van der Waals surface area contributed by atoms with E-state index in [0.717, 1.165) is 43.7 Å². The molecule has 0 aliphatic carbocycles. The summed E-state index contributed by atoms with van der Waals surface area (Å²) in [4.78, 5) is 25.6. The average Bonchev–Trinajstić information content (AvgIpc) is 3.05. The van der Waals surface area contributed by atoms with Crippen molar-refractivity contribution >= 4 is 56.0 Å². The third-order valence-corrected chi connectivity index (χ3v) is 6.67. The lowest BCUT2D eigenvalue weighted by atomic mass is 10.1. The molecule has 3 aromatic rings. The van der Waals surface area contributed by atoms with Crippen molar-refractivity contribution in [1.29, 1.82) is 0 Å². The number of non-ortho nitro benzene ring substituents is 1. The maximum atomic E-state index is 14.6. The zero-order valence-electron chi connectivity index (χ0n) is 15.3.